The zero-order chi connectivity index (χ0) is 19.7. The van der Waals surface area contributed by atoms with E-state index >= 15 is 0 Å². The van der Waals surface area contributed by atoms with Crippen molar-refractivity contribution in [2.75, 3.05) is 6.54 Å². The van der Waals surface area contributed by atoms with Gasteiger partial charge in [-0.1, -0.05) is 61.5 Å². The quantitative estimate of drug-likeness (QED) is 0.857. The molecule has 0 aromatic heterocycles. The molecule has 1 saturated heterocycles. The van der Waals surface area contributed by atoms with Crippen LogP contribution in [0.2, 0.25) is 0 Å². The fourth-order valence-corrected chi connectivity index (χ4v) is 4.48. The number of aliphatic carboxylic acids is 1. The molecule has 28 heavy (non-hydrogen) atoms. The highest BCUT2D eigenvalue weighted by atomic mass is 16.6. The van der Waals surface area contributed by atoms with Crippen molar-refractivity contribution in [3.63, 3.8) is 0 Å². The number of benzene rings is 2. The molecule has 1 aliphatic carbocycles. The van der Waals surface area contributed by atoms with Gasteiger partial charge in [0.05, 0.1) is 11.6 Å². The summed E-state index contributed by atoms with van der Waals surface area (Å²) in [5.74, 6) is -0.591. The minimum Gasteiger partial charge on any atom is -0.478 e. The summed E-state index contributed by atoms with van der Waals surface area (Å²) >= 11 is 0. The number of hydrogen-bond donors (Lipinski definition) is 1. The molecule has 2 aromatic carbocycles. The number of nitrogens with zero attached hydrogens (tertiary/aromatic N) is 1. The maximum atomic E-state index is 12.9. The van der Waals surface area contributed by atoms with Gasteiger partial charge in [-0.05, 0) is 36.0 Å². The SMILES string of the molecule is CC12CCC(C(C(=O)O)=CC1c1ccccc1)N(C(=O)Oc1ccccc1)C2. The van der Waals surface area contributed by atoms with E-state index in [9.17, 15) is 14.7 Å². The normalized spacial score (nSPS) is 26.3. The number of allylic oxidation sites excluding steroid dienone is 1. The first-order valence-electron chi connectivity index (χ1n) is 9.51. The fourth-order valence-electron chi connectivity index (χ4n) is 4.48. The third kappa shape index (κ3) is 3.28. The number of fused-ring (bicyclic) bond motifs is 3. The van der Waals surface area contributed by atoms with Gasteiger partial charge >= 0.3 is 12.1 Å². The number of carbonyl (C=O) groups is 2. The number of ether oxygens (including phenoxy) is 1. The topological polar surface area (TPSA) is 66.8 Å². The molecule has 2 aliphatic heterocycles. The van der Waals surface area contributed by atoms with Crippen LogP contribution in [-0.4, -0.2) is 34.7 Å². The van der Waals surface area contributed by atoms with Crippen molar-refractivity contribution in [1.82, 2.24) is 4.90 Å². The van der Waals surface area contributed by atoms with Gasteiger partial charge in [0.1, 0.15) is 5.75 Å². The van der Waals surface area contributed by atoms with Crippen LogP contribution in [0, 0.1) is 5.41 Å². The Balaban J connectivity index is 1.70. The molecule has 5 nitrogen and oxygen atoms in total. The van der Waals surface area contributed by atoms with Gasteiger partial charge in [0.15, 0.2) is 0 Å². The Morgan fingerprint density at radius 3 is 2.36 bits per heavy atom. The van der Waals surface area contributed by atoms with Gasteiger partial charge in [-0.25, -0.2) is 9.59 Å². The first kappa shape index (κ1) is 18.3. The molecule has 0 radical (unpaired) electrons. The number of carboxylic acids is 1. The summed E-state index contributed by atoms with van der Waals surface area (Å²) in [6, 6.07) is 18.3. The summed E-state index contributed by atoms with van der Waals surface area (Å²) in [7, 11) is 0. The molecule has 3 atom stereocenters. The zero-order valence-electron chi connectivity index (χ0n) is 15.7. The molecule has 3 unspecified atom stereocenters. The predicted molar refractivity (Wildman–Crippen MR) is 105 cm³/mol. The van der Waals surface area contributed by atoms with Gasteiger partial charge in [0.2, 0.25) is 0 Å². The minimum atomic E-state index is -0.977. The van der Waals surface area contributed by atoms with Crippen LogP contribution in [0.25, 0.3) is 0 Å². The third-order valence-corrected chi connectivity index (χ3v) is 5.94. The third-order valence-electron chi connectivity index (χ3n) is 5.94. The number of carbonyl (C=O) groups excluding carboxylic acids is 1. The molecule has 2 aromatic rings. The molecule has 1 fully saturated rings. The lowest BCUT2D eigenvalue weighted by molar-refractivity contribution is -0.133. The second-order valence-corrected chi connectivity index (χ2v) is 7.83. The molecule has 3 aliphatic rings. The molecule has 1 amide bonds. The molecule has 0 saturated carbocycles. The second-order valence-electron chi connectivity index (χ2n) is 7.83. The number of para-hydroxylation sites is 1. The second kappa shape index (κ2) is 7.15. The Bertz CT molecular complexity index is 909. The lowest BCUT2D eigenvalue weighted by Gasteiger charge is -2.44. The van der Waals surface area contributed by atoms with Gasteiger partial charge in [-0.15, -0.1) is 0 Å². The zero-order valence-corrected chi connectivity index (χ0v) is 15.7. The Kier molecular flexibility index (Phi) is 4.67. The smallest absolute Gasteiger partial charge is 0.415 e. The highest BCUT2D eigenvalue weighted by Crippen LogP contribution is 2.50. The molecule has 2 bridgehead atoms. The fraction of sp³-hybridized carbons (Fsp3) is 0.304. The van der Waals surface area contributed by atoms with Crippen molar-refractivity contribution >= 4 is 12.1 Å². The van der Waals surface area contributed by atoms with Crippen LogP contribution >= 0.6 is 0 Å². The maximum absolute atomic E-state index is 12.9. The van der Waals surface area contributed by atoms with E-state index in [0.29, 0.717) is 18.7 Å². The van der Waals surface area contributed by atoms with Gasteiger partial charge in [0.25, 0.3) is 0 Å². The summed E-state index contributed by atoms with van der Waals surface area (Å²) in [4.78, 5) is 26.6. The highest BCUT2D eigenvalue weighted by Gasteiger charge is 2.49. The van der Waals surface area contributed by atoms with Crippen LogP contribution in [-0.2, 0) is 4.79 Å². The van der Waals surface area contributed by atoms with E-state index in [-0.39, 0.29) is 16.9 Å². The van der Waals surface area contributed by atoms with E-state index in [1.54, 1.807) is 29.2 Å². The van der Waals surface area contributed by atoms with Crippen LogP contribution in [0.3, 0.4) is 0 Å². The van der Waals surface area contributed by atoms with Crippen molar-refractivity contribution in [1.29, 1.82) is 0 Å². The van der Waals surface area contributed by atoms with Crippen molar-refractivity contribution in [2.24, 2.45) is 5.41 Å². The Morgan fingerprint density at radius 1 is 1.07 bits per heavy atom. The lowest BCUT2D eigenvalue weighted by atomic mass is 9.69. The van der Waals surface area contributed by atoms with Crippen molar-refractivity contribution < 1.29 is 19.4 Å². The summed E-state index contributed by atoms with van der Waals surface area (Å²) in [5, 5.41) is 9.87. The molecule has 5 rings (SSSR count). The van der Waals surface area contributed by atoms with Crippen molar-refractivity contribution in [2.45, 2.75) is 31.7 Å². The van der Waals surface area contributed by atoms with E-state index < -0.39 is 18.1 Å². The van der Waals surface area contributed by atoms with Gasteiger partial charge in [-0.2, -0.15) is 0 Å². The average molecular weight is 377 g/mol. The van der Waals surface area contributed by atoms with Crippen LogP contribution in [0.1, 0.15) is 31.2 Å². The van der Waals surface area contributed by atoms with E-state index in [4.69, 9.17) is 4.74 Å². The largest absolute Gasteiger partial charge is 0.478 e. The minimum absolute atomic E-state index is 0.0701. The molecule has 1 N–H and O–H groups in total. The predicted octanol–water partition coefficient (Wildman–Crippen LogP) is 4.46. The van der Waals surface area contributed by atoms with Gasteiger partial charge in [0, 0.05) is 12.5 Å². The van der Waals surface area contributed by atoms with E-state index in [0.717, 1.165) is 12.0 Å². The summed E-state index contributed by atoms with van der Waals surface area (Å²) in [6.07, 6.45) is 2.81. The molecular formula is C23H23NO4. The van der Waals surface area contributed by atoms with Gasteiger partial charge in [-0.3, -0.25) is 4.90 Å². The number of amides is 1. The average Bonchev–Trinajstić information content (AvgIpc) is 2.93. The molecule has 5 heteroatoms. The first-order valence-corrected chi connectivity index (χ1v) is 9.51. The molecule has 144 valence electrons. The number of hydrogen-bond acceptors (Lipinski definition) is 3. The van der Waals surface area contributed by atoms with E-state index in [1.807, 2.05) is 42.5 Å². The van der Waals surface area contributed by atoms with Crippen molar-refractivity contribution in [3.8, 4) is 5.75 Å². The first-order chi connectivity index (χ1) is 13.5. The van der Waals surface area contributed by atoms with Crippen LogP contribution in [0.5, 0.6) is 5.75 Å². The monoisotopic (exact) mass is 377 g/mol. The standard InChI is InChI=1S/C23H23NO4/c1-23-13-12-20(24(15-23)22(27)28-17-10-6-3-7-11-17)18(21(25)26)14-19(23)16-8-4-2-5-9-16/h2-11,14,19-20H,12-13,15H2,1H3,(H,25,26). The van der Waals surface area contributed by atoms with Crippen LogP contribution in [0.4, 0.5) is 4.79 Å². The summed E-state index contributed by atoms with van der Waals surface area (Å²) in [6.45, 7) is 2.58. The maximum Gasteiger partial charge on any atom is 0.415 e. The van der Waals surface area contributed by atoms with Crippen molar-refractivity contribution in [3.05, 3.63) is 77.9 Å². The Morgan fingerprint density at radius 2 is 1.71 bits per heavy atom. The Hall–Kier alpha value is -3.08. The molecular weight excluding hydrogens is 354 g/mol. The number of carboxylic acid groups (broad SMARTS) is 1. The Labute approximate surface area is 164 Å². The van der Waals surface area contributed by atoms with Crippen LogP contribution < -0.4 is 4.74 Å². The van der Waals surface area contributed by atoms with Gasteiger partial charge < -0.3 is 9.84 Å². The highest BCUT2D eigenvalue weighted by molar-refractivity contribution is 5.90. The number of rotatable bonds is 3. The summed E-state index contributed by atoms with van der Waals surface area (Å²) in [5.41, 5.74) is 1.09. The lowest BCUT2D eigenvalue weighted by Crippen LogP contribution is -2.52. The van der Waals surface area contributed by atoms with Crippen LogP contribution in [0.15, 0.2) is 72.3 Å². The molecule has 2 heterocycles. The van der Waals surface area contributed by atoms with E-state index in [1.165, 1.54) is 0 Å². The number of piperidine rings is 1. The molecule has 0 spiro atoms. The summed E-state index contributed by atoms with van der Waals surface area (Å²) < 4.78 is 5.54. The van der Waals surface area contributed by atoms with E-state index in [2.05, 4.69) is 6.92 Å².